The van der Waals surface area contributed by atoms with Crippen molar-refractivity contribution < 1.29 is 0 Å². The first-order chi connectivity index (χ1) is 23.7. The lowest BCUT2D eigenvalue weighted by molar-refractivity contribution is 0.688. The Bertz CT molecular complexity index is 2390. The molecule has 4 nitrogen and oxygen atoms in total. The van der Waals surface area contributed by atoms with Crippen LogP contribution < -0.4 is 10.6 Å². The number of nitrogens with two attached hydrogens (primary N) is 1. The standard InChI is InChI=1S/C43H31ClN4/c44-36-16-10-15-34-32-13-4-5-14-33(32)35-27-30(25-26-39(35)48(42(34)36)40-19-8-6-17-37(40)45)28-21-23-29(24-22-28)43-46-38-18-7-9-20-41(38)47(43)31-11-2-1-3-12-31/h1-27,34,42H,45H2. The first-order valence-corrected chi connectivity index (χ1v) is 16.6. The van der Waals surface area contributed by atoms with Gasteiger partial charge in [-0.05, 0) is 76.9 Å². The van der Waals surface area contributed by atoms with Crippen molar-refractivity contribution in [3.8, 4) is 39.3 Å². The number of para-hydroxylation sites is 5. The van der Waals surface area contributed by atoms with Gasteiger partial charge in [0.25, 0.3) is 0 Å². The summed E-state index contributed by atoms with van der Waals surface area (Å²) in [4.78, 5) is 7.40. The number of aromatic nitrogens is 2. The highest BCUT2D eigenvalue weighted by Gasteiger charge is 2.38. The minimum atomic E-state index is -0.127. The zero-order valence-electron chi connectivity index (χ0n) is 26.0. The Kier molecular flexibility index (Phi) is 6.77. The molecule has 0 saturated heterocycles. The number of halogens is 1. The van der Waals surface area contributed by atoms with Crippen LogP contribution in [-0.4, -0.2) is 15.6 Å². The lowest BCUT2D eigenvalue weighted by Crippen LogP contribution is -2.37. The van der Waals surface area contributed by atoms with E-state index in [1.807, 2.05) is 36.4 Å². The second-order valence-corrected chi connectivity index (χ2v) is 12.8. The Labute approximate surface area is 284 Å². The van der Waals surface area contributed by atoms with Gasteiger partial charge in [-0.15, -0.1) is 0 Å². The summed E-state index contributed by atoms with van der Waals surface area (Å²) >= 11 is 7.08. The molecule has 2 N–H and O–H groups in total. The van der Waals surface area contributed by atoms with Gasteiger partial charge in [0.05, 0.1) is 28.5 Å². The highest BCUT2D eigenvalue weighted by molar-refractivity contribution is 6.31. The van der Waals surface area contributed by atoms with Crippen molar-refractivity contribution in [3.63, 3.8) is 0 Å². The summed E-state index contributed by atoms with van der Waals surface area (Å²) in [5.41, 5.74) is 19.5. The van der Waals surface area contributed by atoms with Crippen molar-refractivity contribution >= 4 is 39.7 Å². The number of nitrogen functional groups attached to an aromatic ring is 1. The zero-order chi connectivity index (χ0) is 32.2. The third-order valence-corrected chi connectivity index (χ3v) is 9.94. The van der Waals surface area contributed by atoms with Crippen LogP contribution in [0, 0.1) is 0 Å². The SMILES string of the molecule is Nc1ccccc1N1c2ccc(-c3ccc(-c4nc5ccccc5n4-c4ccccc4)cc3)cc2-c2ccccc2C2C=CC=C(Cl)C21. The Morgan fingerprint density at radius 1 is 0.625 bits per heavy atom. The number of allylic oxidation sites excluding steroid dienone is 2. The van der Waals surface area contributed by atoms with E-state index in [1.54, 1.807) is 0 Å². The Balaban J connectivity index is 1.19. The fraction of sp³-hybridized carbons (Fsp3) is 0.0465. The number of hydrogen-bond acceptors (Lipinski definition) is 3. The summed E-state index contributed by atoms with van der Waals surface area (Å²) in [6, 6.07) is 50.8. The van der Waals surface area contributed by atoms with E-state index in [-0.39, 0.29) is 12.0 Å². The van der Waals surface area contributed by atoms with E-state index in [1.165, 1.54) is 11.1 Å². The number of imidazole rings is 1. The molecule has 0 radical (unpaired) electrons. The summed E-state index contributed by atoms with van der Waals surface area (Å²) in [7, 11) is 0. The van der Waals surface area contributed by atoms with E-state index in [0.717, 1.165) is 61.2 Å². The third-order valence-electron chi connectivity index (χ3n) is 9.59. The number of benzene rings is 6. The minimum Gasteiger partial charge on any atom is -0.397 e. The van der Waals surface area contributed by atoms with Crippen molar-refractivity contribution in [2.45, 2.75) is 12.0 Å². The number of rotatable bonds is 4. The first-order valence-electron chi connectivity index (χ1n) is 16.2. The Hall–Kier alpha value is -5.84. The van der Waals surface area contributed by atoms with Gasteiger partial charge in [-0.2, -0.15) is 0 Å². The average molecular weight is 639 g/mol. The quantitative estimate of drug-likeness (QED) is 0.195. The molecule has 0 amide bonds. The highest BCUT2D eigenvalue weighted by Crippen LogP contribution is 2.51. The van der Waals surface area contributed by atoms with Gasteiger partial charge >= 0.3 is 0 Å². The van der Waals surface area contributed by atoms with Crippen LogP contribution >= 0.6 is 11.6 Å². The van der Waals surface area contributed by atoms with E-state index < -0.39 is 0 Å². The normalized spacial score (nSPS) is 16.5. The fourth-order valence-corrected chi connectivity index (χ4v) is 7.69. The molecule has 2 aliphatic rings. The van der Waals surface area contributed by atoms with Crippen LogP contribution in [0.15, 0.2) is 169 Å². The van der Waals surface area contributed by atoms with Crippen molar-refractivity contribution in [2.24, 2.45) is 0 Å². The third kappa shape index (κ3) is 4.56. The van der Waals surface area contributed by atoms with Gasteiger partial charge in [0.1, 0.15) is 5.82 Å². The number of fused-ring (bicyclic) bond motifs is 6. The molecule has 6 aromatic carbocycles. The molecular weight excluding hydrogens is 608 g/mol. The molecule has 0 saturated carbocycles. The second-order valence-electron chi connectivity index (χ2n) is 12.3. The number of hydrogen-bond donors (Lipinski definition) is 1. The van der Waals surface area contributed by atoms with Crippen LogP contribution in [0.5, 0.6) is 0 Å². The largest absolute Gasteiger partial charge is 0.397 e. The molecule has 0 spiro atoms. The van der Waals surface area contributed by atoms with E-state index in [0.29, 0.717) is 5.69 Å². The van der Waals surface area contributed by atoms with Gasteiger partial charge in [0.15, 0.2) is 0 Å². The minimum absolute atomic E-state index is 0.0531. The van der Waals surface area contributed by atoms with Crippen molar-refractivity contribution in [3.05, 3.63) is 174 Å². The Morgan fingerprint density at radius 2 is 1.33 bits per heavy atom. The van der Waals surface area contributed by atoms with E-state index in [2.05, 4.69) is 137 Å². The molecule has 230 valence electrons. The van der Waals surface area contributed by atoms with Gasteiger partial charge in [0.2, 0.25) is 0 Å². The molecule has 9 rings (SSSR count). The molecule has 48 heavy (non-hydrogen) atoms. The molecule has 2 atom stereocenters. The maximum atomic E-state index is 7.08. The van der Waals surface area contributed by atoms with E-state index in [4.69, 9.17) is 22.3 Å². The molecule has 7 aromatic rings. The smallest absolute Gasteiger partial charge is 0.145 e. The highest BCUT2D eigenvalue weighted by atomic mass is 35.5. The monoisotopic (exact) mass is 638 g/mol. The Morgan fingerprint density at radius 3 is 2.19 bits per heavy atom. The lowest BCUT2D eigenvalue weighted by atomic mass is 9.84. The van der Waals surface area contributed by atoms with Crippen molar-refractivity contribution in [2.75, 3.05) is 10.6 Å². The second kappa shape index (κ2) is 11.4. The van der Waals surface area contributed by atoms with Gasteiger partial charge in [-0.1, -0.05) is 121 Å². The maximum absolute atomic E-state index is 7.08. The molecule has 0 bridgehead atoms. The predicted octanol–water partition coefficient (Wildman–Crippen LogP) is 10.9. The summed E-state index contributed by atoms with van der Waals surface area (Å²) in [6.45, 7) is 0. The van der Waals surface area contributed by atoms with Gasteiger partial charge in [0, 0.05) is 33.5 Å². The van der Waals surface area contributed by atoms with Crippen LogP contribution in [0.4, 0.5) is 17.1 Å². The van der Waals surface area contributed by atoms with Gasteiger partial charge in [-0.25, -0.2) is 4.98 Å². The zero-order valence-corrected chi connectivity index (χ0v) is 26.8. The molecule has 1 aromatic heterocycles. The number of anilines is 3. The lowest BCUT2D eigenvalue weighted by Gasteiger charge is -2.38. The predicted molar refractivity (Wildman–Crippen MR) is 200 cm³/mol. The molecule has 5 heteroatoms. The van der Waals surface area contributed by atoms with Crippen molar-refractivity contribution in [1.82, 2.24) is 9.55 Å². The molecular formula is C43H31ClN4. The van der Waals surface area contributed by atoms with E-state index >= 15 is 0 Å². The van der Waals surface area contributed by atoms with Crippen LogP contribution in [0.3, 0.4) is 0 Å². The maximum Gasteiger partial charge on any atom is 0.145 e. The summed E-state index contributed by atoms with van der Waals surface area (Å²) in [5, 5.41) is 0.787. The molecule has 2 unspecified atom stereocenters. The molecule has 2 heterocycles. The summed E-state index contributed by atoms with van der Waals surface area (Å²) in [6.07, 6.45) is 6.34. The average Bonchev–Trinajstić information content (AvgIpc) is 3.48. The molecule has 1 aliphatic carbocycles. The molecule has 0 fully saturated rings. The van der Waals surface area contributed by atoms with Gasteiger partial charge in [-0.3, -0.25) is 4.57 Å². The molecule has 1 aliphatic heterocycles. The van der Waals surface area contributed by atoms with E-state index in [9.17, 15) is 0 Å². The van der Waals surface area contributed by atoms with Crippen molar-refractivity contribution in [1.29, 1.82) is 0 Å². The number of nitrogens with zero attached hydrogens (tertiary/aromatic N) is 3. The van der Waals surface area contributed by atoms with Crippen LogP contribution in [0.1, 0.15) is 11.5 Å². The van der Waals surface area contributed by atoms with Crippen LogP contribution in [-0.2, 0) is 0 Å². The van der Waals surface area contributed by atoms with Gasteiger partial charge < -0.3 is 10.6 Å². The summed E-state index contributed by atoms with van der Waals surface area (Å²) in [5.74, 6) is 0.971. The van der Waals surface area contributed by atoms with Crippen LogP contribution in [0.2, 0.25) is 0 Å². The topological polar surface area (TPSA) is 47.1 Å². The van der Waals surface area contributed by atoms with Crippen LogP contribution in [0.25, 0.3) is 50.4 Å². The fourth-order valence-electron chi connectivity index (χ4n) is 7.38. The summed E-state index contributed by atoms with van der Waals surface area (Å²) < 4.78 is 2.24. The first kappa shape index (κ1) is 28.4.